The molecule has 0 spiro atoms. The lowest BCUT2D eigenvalue weighted by atomic mass is 10.4. The molecule has 0 amide bonds. The summed E-state index contributed by atoms with van der Waals surface area (Å²) in [6.45, 7) is 2.71. The van der Waals surface area contributed by atoms with E-state index in [1.165, 1.54) is 0 Å². The highest BCUT2D eigenvalue weighted by atomic mass is 14.9. The Bertz CT molecular complexity index is 238. The van der Waals surface area contributed by atoms with Gasteiger partial charge in [0, 0.05) is 31.8 Å². The second kappa shape index (κ2) is 4.54. The van der Waals surface area contributed by atoms with Crippen molar-refractivity contribution in [2.24, 2.45) is 10.7 Å². The van der Waals surface area contributed by atoms with E-state index >= 15 is 0 Å². The maximum Gasteiger partial charge on any atom is 0.107 e. The summed E-state index contributed by atoms with van der Waals surface area (Å²) < 4.78 is 0. The van der Waals surface area contributed by atoms with Gasteiger partial charge in [0.05, 0.1) is 5.84 Å². The van der Waals surface area contributed by atoms with E-state index in [9.17, 15) is 0 Å². The molecule has 0 aliphatic rings. The largest absolute Gasteiger partial charge is 0.387 e. The van der Waals surface area contributed by atoms with Crippen molar-refractivity contribution in [2.45, 2.75) is 19.8 Å². The van der Waals surface area contributed by atoms with Gasteiger partial charge in [-0.3, -0.25) is 4.99 Å². The molecule has 1 aromatic heterocycles. The van der Waals surface area contributed by atoms with Gasteiger partial charge in [0.1, 0.15) is 5.82 Å². The summed E-state index contributed by atoms with van der Waals surface area (Å²) in [7, 11) is 0. The van der Waals surface area contributed by atoms with Gasteiger partial charge in [-0.15, -0.1) is 0 Å². The van der Waals surface area contributed by atoms with Gasteiger partial charge < -0.3 is 10.7 Å². The topological polar surface area (TPSA) is 67.1 Å². The number of rotatable bonds is 4. The molecule has 1 rings (SSSR count). The van der Waals surface area contributed by atoms with Crippen LogP contribution in [0.2, 0.25) is 0 Å². The van der Waals surface area contributed by atoms with E-state index in [4.69, 9.17) is 5.73 Å². The minimum atomic E-state index is 0.710. The number of aromatic amines is 1. The molecule has 0 aliphatic carbocycles. The molecule has 3 N–H and O–H groups in total. The van der Waals surface area contributed by atoms with Crippen LogP contribution in [0.5, 0.6) is 0 Å². The van der Waals surface area contributed by atoms with E-state index in [1.807, 2.05) is 13.1 Å². The fourth-order valence-corrected chi connectivity index (χ4v) is 0.852. The summed E-state index contributed by atoms with van der Waals surface area (Å²) in [5.41, 5.74) is 5.53. The summed E-state index contributed by atoms with van der Waals surface area (Å²) in [6, 6.07) is 0. The molecule has 1 heterocycles. The molecule has 1 aromatic rings. The van der Waals surface area contributed by atoms with Gasteiger partial charge in [-0.2, -0.15) is 0 Å². The molecule has 0 saturated carbocycles. The first kappa shape index (κ1) is 8.77. The Kier molecular flexibility index (Phi) is 3.32. The predicted molar refractivity (Wildman–Crippen MR) is 49.1 cm³/mol. The van der Waals surface area contributed by atoms with Gasteiger partial charge in [-0.1, -0.05) is 6.92 Å². The molecular formula is C8H14N4. The van der Waals surface area contributed by atoms with Crippen molar-refractivity contribution in [3.05, 3.63) is 18.2 Å². The smallest absolute Gasteiger partial charge is 0.107 e. The Labute approximate surface area is 71.9 Å². The second-order valence-electron chi connectivity index (χ2n) is 2.51. The molecule has 0 aliphatic heterocycles. The maximum atomic E-state index is 5.53. The lowest BCUT2D eigenvalue weighted by molar-refractivity contribution is 0.889. The number of aromatic nitrogens is 2. The van der Waals surface area contributed by atoms with Crippen LogP contribution in [-0.2, 0) is 6.42 Å². The monoisotopic (exact) mass is 166 g/mol. The van der Waals surface area contributed by atoms with Gasteiger partial charge >= 0.3 is 0 Å². The van der Waals surface area contributed by atoms with E-state index in [0.29, 0.717) is 12.4 Å². The quantitative estimate of drug-likeness (QED) is 0.511. The summed E-state index contributed by atoms with van der Waals surface area (Å²) in [5, 5.41) is 0. The molecule has 0 aromatic carbocycles. The fourth-order valence-electron chi connectivity index (χ4n) is 0.852. The third-order valence-corrected chi connectivity index (χ3v) is 1.58. The van der Waals surface area contributed by atoms with E-state index < -0.39 is 0 Å². The van der Waals surface area contributed by atoms with Crippen LogP contribution in [0.3, 0.4) is 0 Å². The number of H-pyrrole nitrogens is 1. The van der Waals surface area contributed by atoms with E-state index in [-0.39, 0.29) is 0 Å². The predicted octanol–water partition coefficient (Wildman–Crippen LogP) is 0.719. The lowest BCUT2D eigenvalue weighted by Crippen LogP contribution is -2.10. The Hall–Kier alpha value is -1.32. The molecule has 0 radical (unpaired) electrons. The fraction of sp³-hybridized carbons (Fsp3) is 0.500. The van der Waals surface area contributed by atoms with Crippen molar-refractivity contribution >= 4 is 5.84 Å². The van der Waals surface area contributed by atoms with Crippen LogP contribution in [0.1, 0.15) is 19.2 Å². The van der Waals surface area contributed by atoms with E-state index in [2.05, 4.69) is 15.0 Å². The first-order valence-electron chi connectivity index (χ1n) is 4.10. The van der Waals surface area contributed by atoms with Crippen LogP contribution in [-0.4, -0.2) is 22.3 Å². The highest BCUT2D eigenvalue weighted by Gasteiger charge is 1.92. The average molecular weight is 166 g/mol. The molecule has 12 heavy (non-hydrogen) atoms. The SMILES string of the molecule is CCC(N)=NCCc1ncc[nH]1. The van der Waals surface area contributed by atoms with E-state index in [1.54, 1.807) is 6.20 Å². The number of amidine groups is 1. The Morgan fingerprint density at radius 3 is 3.17 bits per heavy atom. The second-order valence-corrected chi connectivity index (χ2v) is 2.51. The number of nitrogens with one attached hydrogen (secondary N) is 1. The minimum Gasteiger partial charge on any atom is -0.387 e. The average Bonchev–Trinajstić information content (AvgIpc) is 2.57. The molecule has 4 heteroatoms. The summed E-state index contributed by atoms with van der Waals surface area (Å²) in [6.07, 6.45) is 5.19. The van der Waals surface area contributed by atoms with Crippen molar-refractivity contribution in [3.63, 3.8) is 0 Å². The summed E-state index contributed by atoms with van der Waals surface area (Å²) in [4.78, 5) is 11.2. The number of hydrogen-bond donors (Lipinski definition) is 2. The molecule has 0 atom stereocenters. The van der Waals surface area contributed by atoms with Gasteiger partial charge in [-0.05, 0) is 0 Å². The number of nitrogens with two attached hydrogens (primary N) is 1. The van der Waals surface area contributed by atoms with Crippen LogP contribution >= 0.6 is 0 Å². The van der Waals surface area contributed by atoms with Crippen LogP contribution in [0.15, 0.2) is 17.4 Å². The Morgan fingerprint density at radius 1 is 1.75 bits per heavy atom. The molecule has 0 fully saturated rings. The first-order chi connectivity index (χ1) is 5.83. The van der Waals surface area contributed by atoms with Crippen molar-refractivity contribution in [3.8, 4) is 0 Å². The van der Waals surface area contributed by atoms with Crippen molar-refractivity contribution in [1.82, 2.24) is 9.97 Å². The third kappa shape index (κ3) is 2.74. The zero-order chi connectivity index (χ0) is 8.81. The normalized spacial score (nSPS) is 11.9. The van der Waals surface area contributed by atoms with E-state index in [0.717, 1.165) is 18.7 Å². The maximum absolute atomic E-state index is 5.53. The van der Waals surface area contributed by atoms with Crippen LogP contribution in [0.4, 0.5) is 0 Å². The molecule has 0 saturated heterocycles. The van der Waals surface area contributed by atoms with Crippen molar-refractivity contribution < 1.29 is 0 Å². The molecule has 0 unspecified atom stereocenters. The van der Waals surface area contributed by atoms with Gasteiger partial charge in [-0.25, -0.2) is 4.98 Å². The first-order valence-corrected chi connectivity index (χ1v) is 4.10. The number of hydrogen-bond acceptors (Lipinski definition) is 2. The highest BCUT2D eigenvalue weighted by molar-refractivity contribution is 5.79. The third-order valence-electron chi connectivity index (χ3n) is 1.58. The highest BCUT2D eigenvalue weighted by Crippen LogP contribution is 1.90. The van der Waals surface area contributed by atoms with Gasteiger partial charge in [0.15, 0.2) is 0 Å². The Balaban J connectivity index is 2.28. The van der Waals surface area contributed by atoms with Crippen molar-refractivity contribution in [1.29, 1.82) is 0 Å². The molecule has 66 valence electrons. The van der Waals surface area contributed by atoms with Crippen molar-refractivity contribution in [2.75, 3.05) is 6.54 Å². The summed E-state index contributed by atoms with van der Waals surface area (Å²) >= 11 is 0. The zero-order valence-corrected chi connectivity index (χ0v) is 7.25. The standard InChI is InChI=1S/C8H14N4/c1-2-7(9)10-4-3-8-11-5-6-12-8/h5-6H,2-4H2,1H3,(H2,9,10)(H,11,12). The molecular weight excluding hydrogens is 152 g/mol. The van der Waals surface area contributed by atoms with Crippen LogP contribution in [0, 0.1) is 0 Å². The lowest BCUT2D eigenvalue weighted by Gasteiger charge is -1.94. The number of imidazole rings is 1. The van der Waals surface area contributed by atoms with Gasteiger partial charge in [0.2, 0.25) is 0 Å². The number of nitrogens with zero attached hydrogens (tertiary/aromatic N) is 2. The van der Waals surface area contributed by atoms with Gasteiger partial charge in [0.25, 0.3) is 0 Å². The molecule has 0 bridgehead atoms. The molecule has 4 nitrogen and oxygen atoms in total. The zero-order valence-electron chi connectivity index (χ0n) is 7.25. The van der Waals surface area contributed by atoms with Crippen LogP contribution in [0.25, 0.3) is 0 Å². The summed E-state index contributed by atoms with van der Waals surface area (Å²) in [5.74, 6) is 1.67. The minimum absolute atomic E-state index is 0.710. The van der Waals surface area contributed by atoms with Crippen LogP contribution < -0.4 is 5.73 Å². The Morgan fingerprint density at radius 2 is 2.58 bits per heavy atom. The number of aliphatic imine (C=N–C) groups is 1.